The van der Waals surface area contributed by atoms with E-state index in [1.807, 2.05) is 60.0 Å². The number of benzene rings is 2. The molecular formula is C18H11ClN2OS. The van der Waals surface area contributed by atoms with Gasteiger partial charge in [-0.2, -0.15) is 0 Å². The van der Waals surface area contributed by atoms with Gasteiger partial charge in [0.05, 0.1) is 22.5 Å². The highest BCUT2D eigenvalue weighted by molar-refractivity contribution is 7.13. The third-order valence-electron chi connectivity index (χ3n) is 3.49. The van der Waals surface area contributed by atoms with Crippen molar-refractivity contribution in [3.8, 4) is 33.2 Å². The number of aromatic nitrogens is 2. The topological polar surface area (TPSA) is 38.9 Å². The molecule has 4 rings (SSSR count). The Bertz CT molecular complexity index is 946. The molecule has 0 bridgehead atoms. The second kappa shape index (κ2) is 5.99. The molecule has 0 spiro atoms. The standard InChI is InChI=1S/C18H11ClN2OS/c19-15-9-5-4-8-13(15)17-14(10-20-22-17)18-21-16(11-23-18)12-6-2-1-3-7-12/h1-11H. The molecule has 2 aromatic heterocycles. The van der Waals surface area contributed by atoms with Crippen molar-refractivity contribution in [3.05, 3.63) is 71.2 Å². The summed E-state index contributed by atoms with van der Waals surface area (Å²) in [5.41, 5.74) is 3.70. The number of hydrogen-bond donors (Lipinski definition) is 0. The highest BCUT2D eigenvalue weighted by Gasteiger charge is 2.18. The lowest BCUT2D eigenvalue weighted by Crippen LogP contribution is -1.82. The summed E-state index contributed by atoms with van der Waals surface area (Å²) in [6.45, 7) is 0. The molecule has 4 aromatic rings. The maximum Gasteiger partial charge on any atom is 0.178 e. The molecule has 0 radical (unpaired) electrons. The van der Waals surface area contributed by atoms with Gasteiger partial charge in [-0.3, -0.25) is 0 Å². The third kappa shape index (κ3) is 2.67. The van der Waals surface area contributed by atoms with E-state index in [4.69, 9.17) is 21.1 Å². The second-order valence-electron chi connectivity index (χ2n) is 4.95. The summed E-state index contributed by atoms with van der Waals surface area (Å²) < 4.78 is 5.43. The Morgan fingerprint density at radius 3 is 2.52 bits per heavy atom. The maximum absolute atomic E-state index is 6.27. The monoisotopic (exact) mass is 338 g/mol. The summed E-state index contributed by atoms with van der Waals surface area (Å²) in [5, 5.41) is 7.46. The predicted octanol–water partition coefficient (Wildman–Crippen LogP) is 5.79. The molecule has 0 amide bonds. The van der Waals surface area contributed by atoms with Crippen LogP contribution >= 0.6 is 22.9 Å². The Hall–Kier alpha value is -2.43. The average molecular weight is 339 g/mol. The van der Waals surface area contributed by atoms with Crippen molar-refractivity contribution < 1.29 is 4.52 Å². The van der Waals surface area contributed by atoms with Gasteiger partial charge in [0.1, 0.15) is 5.01 Å². The minimum absolute atomic E-state index is 0.630. The van der Waals surface area contributed by atoms with Gasteiger partial charge in [0.25, 0.3) is 0 Å². The largest absolute Gasteiger partial charge is 0.355 e. The van der Waals surface area contributed by atoms with E-state index in [9.17, 15) is 0 Å². The Labute approximate surface area is 142 Å². The molecule has 0 aliphatic heterocycles. The molecule has 0 atom stereocenters. The van der Waals surface area contributed by atoms with E-state index in [1.165, 1.54) is 0 Å². The van der Waals surface area contributed by atoms with Crippen molar-refractivity contribution in [1.82, 2.24) is 10.1 Å². The number of hydrogen-bond acceptors (Lipinski definition) is 4. The van der Waals surface area contributed by atoms with Crippen LogP contribution < -0.4 is 0 Å². The zero-order valence-electron chi connectivity index (χ0n) is 11.9. The van der Waals surface area contributed by atoms with Crippen LogP contribution in [-0.4, -0.2) is 10.1 Å². The van der Waals surface area contributed by atoms with Gasteiger partial charge in [0.15, 0.2) is 5.76 Å². The Morgan fingerprint density at radius 1 is 0.913 bits per heavy atom. The maximum atomic E-state index is 6.27. The van der Waals surface area contributed by atoms with Gasteiger partial charge in [-0.1, -0.05) is 59.2 Å². The van der Waals surface area contributed by atoms with E-state index < -0.39 is 0 Å². The van der Waals surface area contributed by atoms with Crippen molar-refractivity contribution in [2.45, 2.75) is 0 Å². The van der Waals surface area contributed by atoms with Gasteiger partial charge in [0.2, 0.25) is 0 Å². The first-order valence-corrected chi connectivity index (χ1v) is 8.29. The van der Waals surface area contributed by atoms with Crippen LogP contribution in [0.5, 0.6) is 0 Å². The van der Waals surface area contributed by atoms with E-state index in [1.54, 1.807) is 17.5 Å². The average Bonchev–Trinajstić information content (AvgIpc) is 3.25. The van der Waals surface area contributed by atoms with Crippen molar-refractivity contribution >= 4 is 22.9 Å². The Balaban J connectivity index is 1.78. The minimum Gasteiger partial charge on any atom is -0.355 e. The molecule has 0 saturated carbocycles. The second-order valence-corrected chi connectivity index (χ2v) is 6.22. The number of thiazole rings is 1. The SMILES string of the molecule is Clc1ccccc1-c1oncc1-c1nc(-c2ccccc2)cs1. The first kappa shape index (κ1) is 14.2. The Morgan fingerprint density at radius 2 is 1.70 bits per heavy atom. The quantitative estimate of drug-likeness (QED) is 0.475. The molecule has 0 aliphatic carbocycles. The number of rotatable bonds is 3. The summed E-state index contributed by atoms with van der Waals surface area (Å²) >= 11 is 7.83. The lowest BCUT2D eigenvalue weighted by atomic mass is 10.1. The van der Waals surface area contributed by atoms with Crippen LogP contribution in [0.25, 0.3) is 33.2 Å². The van der Waals surface area contributed by atoms with Gasteiger partial charge in [-0.25, -0.2) is 4.98 Å². The van der Waals surface area contributed by atoms with Crippen LogP contribution in [0, 0.1) is 0 Å². The van der Waals surface area contributed by atoms with E-state index in [0.29, 0.717) is 10.8 Å². The molecule has 0 N–H and O–H groups in total. The normalized spacial score (nSPS) is 10.8. The smallest absolute Gasteiger partial charge is 0.178 e. The van der Waals surface area contributed by atoms with Crippen molar-refractivity contribution in [1.29, 1.82) is 0 Å². The lowest BCUT2D eigenvalue weighted by Gasteiger charge is -2.01. The predicted molar refractivity (Wildman–Crippen MR) is 93.5 cm³/mol. The van der Waals surface area contributed by atoms with E-state index in [-0.39, 0.29) is 0 Å². The highest BCUT2D eigenvalue weighted by Crippen LogP contribution is 2.38. The van der Waals surface area contributed by atoms with Crippen LogP contribution in [-0.2, 0) is 0 Å². The first-order valence-electron chi connectivity index (χ1n) is 7.04. The van der Waals surface area contributed by atoms with Crippen LogP contribution in [0.2, 0.25) is 5.02 Å². The molecule has 5 heteroatoms. The fourth-order valence-electron chi connectivity index (χ4n) is 2.37. The van der Waals surface area contributed by atoms with Gasteiger partial charge >= 0.3 is 0 Å². The molecule has 0 fully saturated rings. The van der Waals surface area contributed by atoms with Gasteiger partial charge in [-0.05, 0) is 12.1 Å². The Kier molecular flexibility index (Phi) is 3.69. The summed E-state index contributed by atoms with van der Waals surface area (Å²) in [6.07, 6.45) is 1.69. The highest BCUT2D eigenvalue weighted by atomic mass is 35.5. The first-order chi connectivity index (χ1) is 11.3. The molecule has 23 heavy (non-hydrogen) atoms. The molecule has 0 unspecified atom stereocenters. The molecule has 2 aromatic carbocycles. The van der Waals surface area contributed by atoms with Crippen molar-refractivity contribution in [2.24, 2.45) is 0 Å². The minimum atomic E-state index is 0.630. The molecule has 2 heterocycles. The summed E-state index contributed by atoms with van der Waals surface area (Å²) in [4.78, 5) is 4.71. The van der Waals surface area contributed by atoms with Gasteiger partial charge in [-0.15, -0.1) is 11.3 Å². The lowest BCUT2D eigenvalue weighted by molar-refractivity contribution is 0.432. The summed E-state index contributed by atoms with van der Waals surface area (Å²) in [6, 6.07) is 17.6. The van der Waals surface area contributed by atoms with Crippen LogP contribution in [0.15, 0.2) is 70.7 Å². The van der Waals surface area contributed by atoms with E-state index >= 15 is 0 Å². The fraction of sp³-hybridized carbons (Fsp3) is 0. The van der Waals surface area contributed by atoms with Crippen LogP contribution in [0.4, 0.5) is 0 Å². The van der Waals surface area contributed by atoms with Gasteiger partial charge < -0.3 is 4.52 Å². The summed E-state index contributed by atoms with van der Waals surface area (Å²) in [7, 11) is 0. The van der Waals surface area contributed by atoms with E-state index in [0.717, 1.165) is 27.4 Å². The van der Waals surface area contributed by atoms with E-state index in [2.05, 4.69) is 5.16 Å². The third-order valence-corrected chi connectivity index (χ3v) is 4.70. The number of nitrogens with zero attached hydrogens (tertiary/aromatic N) is 2. The molecule has 112 valence electrons. The summed E-state index contributed by atoms with van der Waals surface area (Å²) in [5.74, 6) is 0.643. The fourth-order valence-corrected chi connectivity index (χ4v) is 3.43. The molecule has 0 saturated heterocycles. The molecular weight excluding hydrogens is 328 g/mol. The zero-order chi connectivity index (χ0) is 15.6. The zero-order valence-corrected chi connectivity index (χ0v) is 13.5. The van der Waals surface area contributed by atoms with Crippen LogP contribution in [0.3, 0.4) is 0 Å². The molecule has 3 nitrogen and oxygen atoms in total. The number of halogens is 1. The van der Waals surface area contributed by atoms with Crippen LogP contribution in [0.1, 0.15) is 0 Å². The molecule has 0 aliphatic rings. The van der Waals surface area contributed by atoms with Crippen molar-refractivity contribution in [3.63, 3.8) is 0 Å². The van der Waals surface area contributed by atoms with Gasteiger partial charge in [0, 0.05) is 16.5 Å². The van der Waals surface area contributed by atoms with Crippen molar-refractivity contribution in [2.75, 3.05) is 0 Å².